The quantitative estimate of drug-likeness (QED) is 0.892. The molecule has 2 N–H and O–H groups in total. The highest BCUT2D eigenvalue weighted by atomic mass is 35.5. The summed E-state index contributed by atoms with van der Waals surface area (Å²) < 4.78 is 2.04. The van der Waals surface area contributed by atoms with Gasteiger partial charge in [0.15, 0.2) is 0 Å². The van der Waals surface area contributed by atoms with E-state index in [0.717, 1.165) is 22.3 Å². The number of hydrogen-bond donors (Lipinski definition) is 1. The lowest BCUT2D eigenvalue weighted by molar-refractivity contribution is 0.514. The molecule has 4 heteroatoms. The number of nitrogens with two attached hydrogens (primary N) is 1. The van der Waals surface area contributed by atoms with Crippen molar-refractivity contribution in [3.63, 3.8) is 0 Å². The molecule has 1 aromatic carbocycles. The molecule has 1 aromatic heterocycles. The molecule has 0 fully saturated rings. The van der Waals surface area contributed by atoms with Crippen molar-refractivity contribution in [2.75, 3.05) is 6.54 Å². The van der Waals surface area contributed by atoms with Crippen molar-refractivity contribution in [2.45, 2.75) is 26.3 Å². The largest absolute Gasteiger partial charge is 0.330 e. The summed E-state index contributed by atoms with van der Waals surface area (Å²) >= 11 is 5.96. The van der Waals surface area contributed by atoms with Crippen LogP contribution in [0.3, 0.4) is 0 Å². The third kappa shape index (κ3) is 1.93. The van der Waals surface area contributed by atoms with Crippen LogP contribution in [-0.2, 0) is 6.42 Å². The number of nitrogens with zero attached hydrogens (tertiary/aromatic N) is 2. The highest BCUT2D eigenvalue weighted by Crippen LogP contribution is 2.24. The van der Waals surface area contributed by atoms with Gasteiger partial charge in [-0.25, -0.2) is 0 Å². The van der Waals surface area contributed by atoms with E-state index in [1.165, 1.54) is 5.69 Å². The molecule has 0 spiro atoms. The Kier molecular flexibility index (Phi) is 3.17. The molecule has 0 unspecified atom stereocenters. The topological polar surface area (TPSA) is 43.8 Å². The second-order valence-electron chi connectivity index (χ2n) is 4.19. The molecular weight excluding hydrogens is 222 g/mol. The van der Waals surface area contributed by atoms with Crippen LogP contribution >= 0.6 is 11.6 Å². The van der Waals surface area contributed by atoms with Gasteiger partial charge >= 0.3 is 0 Å². The summed E-state index contributed by atoms with van der Waals surface area (Å²) in [6, 6.07) is 6.16. The summed E-state index contributed by atoms with van der Waals surface area (Å²) in [6.45, 7) is 4.87. The molecule has 3 nitrogen and oxygen atoms in total. The van der Waals surface area contributed by atoms with E-state index in [1.807, 2.05) is 22.9 Å². The van der Waals surface area contributed by atoms with Crippen LogP contribution in [0, 0.1) is 0 Å². The standard InChI is InChI=1S/C12H16ClN3/c1-8(2)16-12(5-6-14)10-4-3-9(13)7-11(10)15-16/h3-4,7-8H,5-6,14H2,1-2H3. The Bertz CT molecular complexity index is 502. The normalized spacial score (nSPS) is 11.6. The number of rotatable bonds is 3. The molecule has 0 radical (unpaired) electrons. The first kappa shape index (κ1) is 11.4. The van der Waals surface area contributed by atoms with Crippen LogP contribution in [0.2, 0.25) is 5.02 Å². The van der Waals surface area contributed by atoms with Crippen LogP contribution in [-0.4, -0.2) is 16.3 Å². The van der Waals surface area contributed by atoms with Crippen LogP contribution in [0.15, 0.2) is 18.2 Å². The summed E-state index contributed by atoms with van der Waals surface area (Å²) in [6.07, 6.45) is 0.844. The van der Waals surface area contributed by atoms with Gasteiger partial charge in [-0.1, -0.05) is 11.6 Å². The molecule has 0 atom stereocenters. The maximum atomic E-state index is 5.96. The van der Waals surface area contributed by atoms with Gasteiger partial charge in [0.05, 0.1) is 5.52 Å². The molecule has 2 aromatic rings. The van der Waals surface area contributed by atoms with Gasteiger partial charge < -0.3 is 5.73 Å². The minimum atomic E-state index is 0.340. The van der Waals surface area contributed by atoms with Gasteiger partial charge in [0.1, 0.15) is 0 Å². The number of halogens is 1. The first-order chi connectivity index (χ1) is 7.63. The maximum Gasteiger partial charge on any atom is 0.0941 e. The smallest absolute Gasteiger partial charge is 0.0941 e. The van der Waals surface area contributed by atoms with Gasteiger partial charge in [0.25, 0.3) is 0 Å². The van der Waals surface area contributed by atoms with Crippen molar-refractivity contribution in [1.82, 2.24) is 9.78 Å². The van der Waals surface area contributed by atoms with Gasteiger partial charge in [-0.05, 0) is 38.6 Å². The molecule has 2 rings (SSSR count). The van der Waals surface area contributed by atoms with Gasteiger partial charge in [-0.15, -0.1) is 0 Å². The van der Waals surface area contributed by atoms with Crippen LogP contribution in [0.5, 0.6) is 0 Å². The lowest BCUT2D eigenvalue weighted by atomic mass is 10.1. The zero-order valence-electron chi connectivity index (χ0n) is 9.57. The predicted octanol–water partition coefficient (Wildman–Crippen LogP) is 2.77. The fourth-order valence-corrected chi connectivity index (χ4v) is 2.11. The van der Waals surface area contributed by atoms with Gasteiger partial charge in [0.2, 0.25) is 0 Å². The van der Waals surface area contributed by atoms with Crippen LogP contribution < -0.4 is 5.73 Å². The third-order valence-corrected chi connectivity index (χ3v) is 2.87. The summed E-state index contributed by atoms with van der Waals surface area (Å²) in [5.41, 5.74) is 7.79. The van der Waals surface area contributed by atoms with E-state index in [1.54, 1.807) is 0 Å². The second kappa shape index (κ2) is 4.44. The molecule has 0 aliphatic heterocycles. The Morgan fingerprint density at radius 3 is 2.81 bits per heavy atom. The highest BCUT2D eigenvalue weighted by Gasteiger charge is 2.12. The van der Waals surface area contributed by atoms with Gasteiger partial charge in [-0.2, -0.15) is 5.10 Å². The number of aromatic nitrogens is 2. The Morgan fingerprint density at radius 2 is 2.19 bits per heavy atom. The van der Waals surface area contributed by atoms with E-state index < -0.39 is 0 Å². The van der Waals surface area contributed by atoms with Crippen LogP contribution in [0.1, 0.15) is 25.6 Å². The van der Waals surface area contributed by atoms with Crippen molar-refractivity contribution in [3.8, 4) is 0 Å². The summed E-state index contributed by atoms with van der Waals surface area (Å²) in [7, 11) is 0. The molecule has 0 aliphatic rings. The highest BCUT2D eigenvalue weighted by molar-refractivity contribution is 6.31. The van der Waals surface area contributed by atoms with E-state index in [4.69, 9.17) is 17.3 Å². The van der Waals surface area contributed by atoms with Crippen LogP contribution in [0.4, 0.5) is 0 Å². The molecule has 0 bridgehead atoms. The van der Waals surface area contributed by atoms with Crippen molar-refractivity contribution >= 4 is 22.5 Å². The lowest BCUT2D eigenvalue weighted by Crippen LogP contribution is -2.12. The van der Waals surface area contributed by atoms with E-state index in [0.29, 0.717) is 12.6 Å². The summed E-state index contributed by atoms with van der Waals surface area (Å²) in [5, 5.41) is 6.45. The Balaban J connectivity index is 2.65. The fraction of sp³-hybridized carbons (Fsp3) is 0.417. The van der Waals surface area contributed by atoms with Gasteiger partial charge in [-0.3, -0.25) is 4.68 Å². The third-order valence-electron chi connectivity index (χ3n) is 2.63. The number of hydrogen-bond acceptors (Lipinski definition) is 2. The first-order valence-electron chi connectivity index (χ1n) is 5.50. The SMILES string of the molecule is CC(C)n1nc2cc(Cl)ccc2c1CCN. The summed E-state index contributed by atoms with van der Waals surface area (Å²) in [4.78, 5) is 0. The van der Waals surface area contributed by atoms with Crippen LogP contribution in [0.25, 0.3) is 10.9 Å². The van der Waals surface area contributed by atoms with Gasteiger partial charge in [0, 0.05) is 28.6 Å². The van der Waals surface area contributed by atoms with E-state index in [9.17, 15) is 0 Å². The zero-order chi connectivity index (χ0) is 11.7. The van der Waals surface area contributed by atoms with E-state index in [-0.39, 0.29) is 0 Å². The number of fused-ring (bicyclic) bond motifs is 1. The van der Waals surface area contributed by atoms with Crippen molar-refractivity contribution in [1.29, 1.82) is 0 Å². The minimum Gasteiger partial charge on any atom is -0.330 e. The molecule has 1 heterocycles. The zero-order valence-corrected chi connectivity index (χ0v) is 10.3. The van der Waals surface area contributed by atoms with Crippen molar-refractivity contribution < 1.29 is 0 Å². The predicted molar refractivity (Wildman–Crippen MR) is 67.9 cm³/mol. The lowest BCUT2D eigenvalue weighted by Gasteiger charge is -2.10. The molecule has 0 saturated carbocycles. The maximum absolute atomic E-state index is 5.96. The summed E-state index contributed by atoms with van der Waals surface area (Å²) in [5.74, 6) is 0. The molecular formula is C12H16ClN3. The Hall–Kier alpha value is -1.06. The average molecular weight is 238 g/mol. The number of benzene rings is 1. The average Bonchev–Trinajstić information content (AvgIpc) is 2.57. The van der Waals surface area contributed by atoms with E-state index in [2.05, 4.69) is 18.9 Å². The molecule has 16 heavy (non-hydrogen) atoms. The second-order valence-corrected chi connectivity index (χ2v) is 4.62. The molecule has 0 saturated heterocycles. The first-order valence-corrected chi connectivity index (χ1v) is 5.88. The van der Waals surface area contributed by atoms with Crippen molar-refractivity contribution in [2.24, 2.45) is 5.73 Å². The Morgan fingerprint density at radius 1 is 1.44 bits per heavy atom. The Labute approximate surface area is 100 Å². The van der Waals surface area contributed by atoms with E-state index >= 15 is 0 Å². The molecule has 0 amide bonds. The molecule has 86 valence electrons. The monoisotopic (exact) mass is 237 g/mol. The fourth-order valence-electron chi connectivity index (χ4n) is 1.94. The molecule has 0 aliphatic carbocycles. The van der Waals surface area contributed by atoms with Crippen molar-refractivity contribution in [3.05, 3.63) is 28.9 Å². The minimum absolute atomic E-state index is 0.340.